The minimum Gasteiger partial charge on any atom is -0.476 e. The molecule has 1 aliphatic carbocycles. The molecular weight excluding hydrogens is 573 g/mol. The monoisotopic (exact) mass is 607 g/mol. The zero-order valence-corrected chi connectivity index (χ0v) is 25.4. The van der Waals surface area contributed by atoms with E-state index in [1.165, 1.54) is 0 Å². The summed E-state index contributed by atoms with van der Waals surface area (Å²) in [5, 5.41) is 10.4. The molecule has 0 radical (unpaired) electrons. The van der Waals surface area contributed by atoms with E-state index in [0.29, 0.717) is 10.0 Å². The summed E-state index contributed by atoms with van der Waals surface area (Å²) in [7, 11) is -3.65. The Kier molecular flexibility index (Phi) is 8.48. The maximum atomic E-state index is 14.5. The fourth-order valence-electron chi connectivity index (χ4n) is 5.74. The van der Waals surface area contributed by atoms with Crippen LogP contribution in [0.4, 0.5) is 0 Å². The lowest BCUT2D eigenvalue weighted by molar-refractivity contribution is -0.159. The van der Waals surface area contributed by atoms with Gasteiger partial charge in [0, 0.05) is 28.4 Å². The van der Waals surface area contributed by atoms with E-state index in [9.17, 15) is 27.9 Å². The van der Waals surface area contributed by atoms with Crippen LogP contribution in [0.2, 0.25) is 10.0 Å². The number of carbonyl (C=O) groups is 3. The van der Waals surface area contributed by atoms with Crippen LogP contribution in [0.1, 0.15) is 76.5 Å². The normalized spacial score (nSPS) is 24.6. The molecule has 216 valence electrons. The molecule has 0 bridgehead atoms. The number of carboxylic acid groups (broad SMARTS) is 1. The first-order chi connectivity index (χ1) is 18.5. The number of carboxylic acids is 1. The molecule has 2 aromatic rings. The fraction of sp³-hybridized carbons (Fsp3) is 0.500. The van der Waals surface area contributed by atoms with Gasteiger partial charge >= 0.3 is 5.97 Å². The van der Waals surface area contributed by atoms with Crippen molar-refractivity contribution in [2.24, 2.45) is 11.3 Å². The van der Waals surface area contributed by atoms with Gasteiger partial charge in [-0.15, -0.1) is 0 Å². The van der Waals surface area contributed by atoms with Gasteiger partial charge in [-0.1, -0.05) is 54.4 Å². The van der Waals surface area contributed by atoms with Crippen LogP contribution in [-0.2, 0) is 24.2 Å². The van der Waals surface area contributed by atoms with Gasteiger partial charge in [0.15, 0.2) is 9.84 Å². The predicted molar refractivity (Wildman–Crippen MR) is 155 cm³/mol. The van der Waals surface area contributed by atoms with E-state index < -0.39 is 62.1 Å². The largest absolute Gasteiger partial charge is 0.476 e. The first-order valence-electron chi connectivity index (χ1n) is 13.4. The van der Waals surface area contributed by atoms with Crippen molar-refractivity contribution in [2.75, 3.05) is 5.75 Å². The number of likely N-dealkylation sites (tertiary alicyclic amines) is 1. The Bertz CT molecular complexity index is 1410. The quantitative estimate of drug-likeness (QED) is 0.345. The molecule has 7 nitrogen and oxygen atoms in total. The molecule has 4 rings (SSSR count). The van der Waals surface area contributed by atoms with Gasteiger partial charge in [0.05, 0.1) is 22.0 Å². The van der Waals surface area contributed by atoms with Gasteiger partial charge in [-0.05, 0) is 81.3 Å². The van der Waals surface area contributed by atoms with Crippen molar-refractivity contribution in [2.45, 2.75) is 76.1 Å². The average Bonchev–Trinajstić information content (AvgIpc) is 3.69. The minimum absolute atomic E-state index is 0.0339. The lowest BCUT2D eigenvalue weighted by atomic mass is 9.66. The van der Waals surface area contributed by atoms with Crippen molar-refractivity contribution in [3.8, 4) is 0 Å². The topological polar surface area (TPSA) is 109 Å². The van der Waals surface area contributed by atoms with Crippen LogP contribution in [0.15, 0.2) is 48.5 Å². The molecule has 1 saturated heterocycles. The van der Waals surface area contributed by atoms with Crippen molar-refractivity contribution in [1.29, 1.82) is 0 Å². The number of amides is 1. The molecule has 2 fully saturated rings. The zero-order chi connectivity index (χ0) is 29.6. The summed E-state index contributed by atoms with van der Waals surface area (Å²) in [6, 6.07) is 13.1. The summed E-state index contributed by atoms with van der Waals surface area (Å²) in [4.78, 5) is 40.3. The third-order valence-corrected chi connectivity index (χ3v) is 11.4. The highest BCUT2D eigenvalue weighted by Gasteiger charge is 2.55. The highest BCUT2D eigenvalue weighted by molar-refractivity contribution is 7.92. The van der Waals surface area contributed by atoms with Crippen molar-refractivity contribution in [1.82, 2.24) is 4.90 Å². The van der Waals surface area contributed by atoms with Gasteiger partial charge in [0.25, 0.3) is 0 Å². The highest BCUT2D eigenvalue weighted by atomic mass is 35.5. The fourth-order valence-corrected chi connectivity index (χ4v) is 7.45. The smallest absolute Gasteiger partial charge is 0.372 e. The molecule has 4 unspecified atom stereocenters. The summed E-state index contributed by atoms with van der Waals surface area (Å²) < 4.78 is 26.1. The molecule has 2 aromatic carbocycles. The van der Waals surface area contributed by atoms with Crippen molar-refractivity contribution in [3.63, 3.8) is 0 Å². The van der Waals surface area contributed by atoms with Crippen molar-refractivity contribution in [3.05, 3.63) is 69.7 Å². The predicted octanol–water partition coefficient (Wildman–Crippen LogP) is 6.09. The SMILES string of the molecule is CC1(CC(=O)C(=O)O)CC(c2cccc(Cl)c2)C(c2ccc(Cl)cc2)N(C(CS(=O)(=O)C(C)(C)C)C2CC2)C1=O. The van der Waals surface area contributed by atoms with Gasteiger partial charge in [-0.25, -0.2) is 13.2 Å². The number of Topliss-reactive ketones (excluding diaryl/α,β-unsaturated/α-hetero) is 1. The minimum atomic E-state index is -3.65. The summed E-state index contributed by atoms with van der Waals surface area (Å²) >= 11 is 12.6. The number of rotatable bonds is 9. The van der Waals surface area contributed by atoms with E-state index in [-0.39, 0.29) is 18.1 Å². The number of benzene rings is 2. The Morgan fingerprint density at radius 2 is 1.68 bits per heavy atom. The summed E-state index contributed by atoms with van der Waals surface area (Å²) in [6.45, 7) is 6.54. The molecule has 1 heterocycles. The van der Waals surface area contributed by atoms with E-state index in [4.69, 9.17) is 23.2 Å². The average molecular weight is 609 g/mol. The second-order valence-electron chi connectivity index (χ2n) is 12.3. The number of nitrogens with zero attached hydrogens (tertiary/aromatic N) is 1. The number of sulfone groups is 1. The number of ketones is 1. The Balaban J connectivity index is 1.95. The third-order valence-electron chi connectivity index (χ3n) is 8.23. The van der Waals surface area contributed by atoms with E-state index >= 15 is 0 Å². The van der Waals surface area contributed by atoms with Crippen LogP contribution >= 0.6 is 23.2 Å². The standard InChI is InChI=1S/C30H35Cl2NO6S/c1-29(2,3)40(38,39)17-24(18-8-9-18)33-26(19-10-12-21(31)13-11-19)23(20-6-5-7-22(32)14-20)15-30(4,28(33)37)16-25(34)27(35)36/h5-7,10-14,18,23-24,26H,8-9,15-17H2,1-4H3,(H,35,36). The zero-order valence-electron chi connectivity index (χ0n) is 23.1. The first-order valence-corrected chi connectivity index (χ1v) is 15.8. The van der Waals surface area contributed by atoms with E-state index in [0.717, 1.165) is 24.0 Å². The highest BCUT2D eigenvalue weighted by Crippen LogP contribution is 2.54. The third kappa shape index (κ3) is 6.24. The molecule has 1 N–H and O–H groups in total. The second kappa shape index (κ2) is 11.1. The van der Waals surface area contributed by atoms with Crippen LogP contribution in [-0.4, -0.2) is 52.6 Å². The number of piperidine rings is 1. The van der Waals surface area contributed by atoms with Crippen LogP contribution in [0.25, 0.3) is 0 Å². The van der Waals surface area contributed by atoms with Crippen LogP contribution < -0.4 is 0 Å². The first kappa shape index (κ1) is 30.5. The summed E-state index contributed by atoms with van der Waals surface area (Å²) in [6.07, 6.45) is 1.23. The number of aliphatic carboxylic acids is 1. The molecule has 2 aliphatic rings. The van der Waals surface area contributed by atoms with E-state index in [1.807, 2.05) is 18.2 Å². The summed E-state index contributed by atoms with van der Waals surface area (Å²) in [5.41, 5.74) is 0.213. The Morgan fingerprint density at radius 1 is 1.05 bits per heavy atom. The van der Waals surface area contributed by atoms with Gasteiger partial charge < -0.3 is 10.0 Å². The molecular formula is C30H35Cl2NO6S. The maximum Gasteiger partial charge on any atom is 0.372 e. The van der Waals surface area contributed by atoms with Gasteiger partial charge in [-0.2, -0.15) is 0 Å². The molecule has 1 amide bonds. The molecule has 10 heteroatoms. The molecule has 1 aliphatic heterocycles. The van der Waals surface area contributed by atoms with Gasteiger partial charge in [0.2, 0.25) is 11.7 Å². The number of hydrogen-bond donors (Lipinski definition) is 1. The van der Waals surface area contributed by atoms with Crippen LogP contribution in [0.5, 0.6) is 0 Å². The number of hydrogen-bond acceptors (Lipinski definition) is 5. The number of carbonyl (C=O) groups excluding carboxylic acids is 2. The van der Waals surface area contributed by atoms with Crippen molar-refractivity contribution < 1.29 is 27.9 Å². The van der Waals surface area contributed by atoms with Crippen molar-refractivity contribution >= 4 is 50.7 Å². The molecule has 1 saturated carbocycles. The van der Waals surface area contributed by atoms with Crippen LogP contribution in [0.3, 0.4) is 0 Å². The molecule has 4 atom stereocenters. The number of halogens is 2. The lowest BCUT2D eigenvalue weighted by Gasteiger charge is -2.52. The van der Waals surface area contributed by atoms with E-state index in [1.54, 1.807) is 62.9 Å². The lowest BCUT2D eigenvalue weighted by Crippen LogP contribution is -2.59. The van der Waals surface area contributed by atoms with Gasteiger partial charge in [0.1, 0.15) is 0 Å². The van der Waals surface area contributed by atoms with Crippen LogP contribution in [0, 0.1) is 11.3 Å². The maximum absolute atomic E-state index is 14.5. The van der Waals surface area contributed by atoms with Gasteiger partial charge in [-0.3, -0.25) is 9.59 Å². The Morgan fingerprint density at radius 3 is 2.20 bits per heavy atom. The Hall–Kier alpha value is -2.42. The summed E-state index contributed by atoms with van der Waals surface area (Å²) in [5.74, 6) is -3.75. The van der Waals surface area contributed by atoms with E-state index in [2.05, 4.69) is 0 Å². The Labute approximate surface area is 245 Å². The molecule has 40 heavy (non-hydrogen) atoms. The molecule has 0 spiro atoms. The molecule has 0 aromatic heterocycles. The second-order valence-corrected chi connectivity index (χ2v) is 16.0.